The molecule has 2 aromatic heterocycles. The Bertz CT molecular complexity index is 3280. The summed E-state index contributed by atoms with van der Waals surface area (Å²) in [6.45, 7) is 21.4. The molecule has 2 atom stereocenters. The highest BCUT2D eigenvalue weighted by atomic mass is 35.5. The highest BCUT2D eigenvalue weighted by Crippen LogP contribution is 2.32. The summed E-state index contributed by atoms with van der Waals surface area (Å²) in [6, 6.07) is 24.2. The first-order valence-corrected chi connectivity index (χ1v) is 27.6. The van der Waals surface area contributed by atoms with E-state index in [0.717, 1.165) is 51.9 Å². The third-order valence-electron chi connectivity index (χ3n) is 11.2. The fourth-order valence-corrected chi connectivity index (χ4v) is 9.98. The fraction of sp³-hybridized carbons (Fsp3) is 0.364. The Kier molecular flexibility index (Phi) is 22.1. The predicted octanol–water partition coefficient (Wildman–Crippen LogP) is 10.0. The lowest BCUT2D eigenvalue weighted by Gasteiger charge is -2.24. The van der Waals surface area contributed by atoms with Crippen molar-refractivity contribution in [2.24, 2.45) is 17.6 Å². The molecule has 6 rings (SSSR count). The molecule has 0 spiro atoms. The van der Waals surface area contributed by atoms with Crippen molar-refractivity contribution in [2.45, 2.75) is 116 Å². The largest absolute Gasteiger partial charge is 0.478 e. The number of rotatable bonds is 21. The Morgan fingerprint density at radius 3 is 1.35 bits per heavy atom. The quantitative estimate of drug-likeness (QED) is 0.0390. The van der Waals surface area contributed by atoms with Gasteiger partial charge in [0, 0.05) is 29.3 Å². The highest BCUT2D eigenvalue weighted by Gasteiger charge is 2.25. The number of carboxylic acid groups (broad SMARTS) is 2. The summed E-state index contributed by atoms with van der Waals surface area (Å²) in [4.78, 5) is 52.1. The van der Waals surface area contributed by atoms with Crippen LogP contribution in [0.3, 0.4) is 0 Å². The number of nitrogens with zero attached hydrogens (tertiary/aromatic N) is 4. The minimum absolute atomic E-state index is 0. The van der Waals surface area contributed by atoms with Crippen LogP contribution in [0.25, 0.3) is 22.5 Å². The van der Waals surface area contributed by atoms with Gasteiger partial charge in [0.15, 0.2) is 0 Å². The number of ether oxygens (including phenoxy) is 3. The average molecular weight is 1130 g/mol. The second-order valence-corrected chi connectivity index (χ2v) is 23.6. The first kappa shape index (κ1) is 63.1. The molecule has 420 valence electrons. The predicted molar refractivity (Wildman–Crippen MR) is 301 cm³/mol. The number of hydrogen-bond acceptors (Lipinski definition) is 15. The van der Waals surface area contributed by atoms with Gasteiger partial charge in [0.1, 0.15) is 18.8 Å². The standard InChI is InChI=1S/C30H38N4O7S.C25H30N4O5S.ClH/c1-18(2)14-22(31-29(37)41-30(5,6)7)17-40-25-16-24(26-19(3)10-8-11-20(26)4)32-28(33-25)34-42(38,39)23-13-9-12-21(15-23)27(35)36;1-15(2)11-19(26)14-34-22-13-21(23-16(3)7-5-8-17(23)4)27-25(28-22)29-35(32,33)20-10-6-9-18(12-20)24(30)31;/h8-13,15-16,18,22H,14,17H2,1-7H3,(H,31,37)(H,35,36)(H,32,33,34);5-10,12-13,15,19H,11,14,26H2,1-4H3,(H,30,31)(H,27,28,29);1H/t22-;19-;/m11./s1. The topological polar surface area (TPSA) is 301 Å². The van der Waals surface area contributed by atoms with Crippen molar-refractivity contribution < 1.29 is 55.6 Å². The second-order valence-electron chi connectivity index (χ2n) is 20.2. The number of benzene rings is 4. The van der Waals surface area contributed by atoms with Crippen molar-refractivity contribution in [3.63, 3.8) is 0 Å². The maximum Gasteiger partial charge on any atom is 0.407 e. The van der Waals surface area contributed by atoms with Gasteiger partial charge in [-0.1, -0.05) is 76.2 Å². The van der Waals surface area contributed by atoms with Gasteiger partial charge >= 0.3 is 18.0 Å². The zero-order chi connectivity index (χ0) is 57.0. The molecule has 1 amide bonds. The van der Waals surface area contributed by atoms with E-state index in [0.29, 0.717) is 23.7 Å². The van der Waals surface area contributed by atoms with Crippen molar-refractivity contribution in [3.8, 4) is 34.3 Å². The van der Waals surface area contributed by atoms with Gasteiger partial charge in [0.05, 0.1) is 38.3 Å². The number of carbonyl (C=O) groups excluding carboxylic acids is 1. The van der Waals surface area contributed by atoms with Crippen LogP contribution in [-0.2, 0) is 24.8 Å². The summed E-state index contributed by atoms with van der Waals surface area (Å²) in [5.41, 5.74) is 11.4. The molecular formula is C55H69ClN8O12S2. The van der Waals surface area contributed by atoms with E-state index >= 15 is 0 Å². The van der Waals surface area contributed by atoms with Crippen molar-refractivity contribution in [2.75, 3.05) is 22.7 Å². The number of amides is 1. The van der Waals surface area contributed by atoms with Crippen LogP contribution < -0.4 is 30.0 Å². The molecule has 0 bridgehead atoms. The van der Waals surface area contributed by atoms with Gasteiger partial charge in [0.2, 0.25) is 23.7 Å². The molecule has 0 aliphatic heterocycles. The smallest absolute Gasteiger partial charge is 0.407 e. The Morgan fingerprint density at radius 2 is 0.974 bits per heavy atom. The van der Waals surface area contributed by atoms with Crippen LogP contribution >= 0.6 is 12.4 Å². The second kappa shape index (κ2) is 27.3. The number of halogens is 1. The fourth-order valence-electron chi connectivity index (χ4n) is 8.00. The van der Waals surface area contributed by atoms with Crippen LogP contribution in [0, 0.1) is 39.5 Å². The van der Waals surface area contributed by atoms with E-state index in [1.165, 1.54) is 36.4 Å². The van der Waals surface area contributed by atoms with Crippen molar-refractivity contribution >= 4 is 62.4 Å². The van der Waals surface area contributed by atoms with E-state index in [1.807, 2.05) is 77.9 Å². The van der Waals surface area contributed by atoms with Crippen LogP contribution in [-0.4, -0.2) is 95.9 Å². The number of sulfonamides is 2. The van der Waals surface area contributed by atoms with Gasteiger partial charge < -0.3 is 35.5 Å². The molecule has 2 heterocycles. The number of alkyl carbamates (subject to hydrolysis) is 1. The van der Waals surface area contributed by atoms with E-state index in [-0.39, 0.29) is 82.2 Å². The Labute approximate surface area is 462 Å². The zero-order valence-corrected chi connectivity index (χ0v) is 47.9. The van der Waals surface area contributed by atoms with Crippen LogP contribution in [0.2, 0.25) is 0 Å². The van der Waals surface area contributed by atoms with Crippen LogP contribution in [0.5, 0.6) is 11.8 Å². The maximum atomic E-state index is 13.2. The molecule has 0 saturated heterocycles. The zero-order valence-electron chi connectivity index (χ0n) is 45.4. The summed E-state index contributed by atoms with van der Waals surface area (Å²) < 4.78 is 74.4. The molecular weight excluding hydrogens is 1060 g/mol. The molecule has 4 aromatic carbocycles. The van der Waals surface area contributed by atoms with Gasteiger partial charge in [-0.05, 0) is 132 Å². The lowest BCUT2D eigenvalue weighted by Crippen LogP contribution is -2.42. The number of hydrogen-bond donors (Lipinski definition) is 6. The van der Waals surface area contributed by atoms with Gasteiger partial charge in [0.25, 0.3) is 20.0 Å². The van der Waals surface area contributed by atoms with E-state index in [2.05, 4.69) is 48.5 Å². The van der Waals surface area contributed by atoms with E-state index < -0.39 is 49.7 Å². The molecule has 23 heteroatoms. The third-order valence-corrected chi connectivity index (χ3v) is 13.9. The molecule has 20 nitrogen and oxygen atoms in total. The number of carbonyl (C=O) groups is 3. The van der Waals surface area contributed by atoms with E-state index in [4.69, 9.17) is 19.9 Å². The summed E-state index contributed by atoms with van der Waals surface area (Å²) in [6.07, 6.45) is 0.773. The SMILES string of the molecule is Cc1cccc(C)c1-c1cc(OC[C@@H](CC(C)C)NC(=O)OC(C)(C)C)nc(NS(=O)(=O)c2cccc(C(=O)O)c2)n1.Cc1cccc(C)c1-c1cc(OC[C@H](N)CC(C)C)nc(NS(=O)(=O)c2cccc(C(=O)O)c2)n1.Cl. The number of aromatic carboxylic acids is 2. The molecule has 0 fully saturated rings. The lowest BCUT2D eigenvalue weighted by molar-refractivity contribution is 0.0478. The van der Waals surface area contributed by atoms with Crippen LogP contribution in [0.4, 0.5) is 16.7 Å². The third kappa shape index (κ3) is 18.7. The number of anilines is 2. The van der Waals surface area contributed by atoms with E-state index in [1.54, 1.807) is 32.9 Å². The number of aromatic nitrogens is 4. The van der Waals surface area contributed by atoms with E-state index in [9.17, 15) is 41.4 Å². The lowest BCUT2D eigenvalue weighted by atomic mass is 10.00. The Hall–Kier alpha value is -7.40. The molecule has 0 aliphatic rings. The molecule has 0 saturated carbocycles. The first-order chi connectivity index (χ1) is 36.0. The molecule has 6 aromatic rings. The monoisotopic (exact) mass is 1130 g/mol. The Morgan fingerprint density at radius 1 is 0.590 bits per heavy atom. The van der Waals surface area contributed by atoms with Gasteiger partial charge in [-0.15, -0.1) is 12.4 Å². The number of nitrogens with two attached hydrogens (primary N) is 1. The molecule has 0 unspecified atom stereocenters. The molecule has 0 aliphatic carbocycles. The van der Waals surface area contributed by atoms with Crippen LogP contribution in [0.15, 0.2) is 107 Å². The normalized spacial score (nSPS) is 12.3. The number of carboxylic acids is 2. The highest BCUT2D eigenvalue weighted by molar-refractivity contribution is 7.93. The molecule has 0 radical (unpaired) electrons. The average Bonchev–Trinajstić information content (AvgIpc) is 3.31. The summed E-state index contributed by atoms with van der Waals surface area (Å²) in [7, 11) is -8.42. The van der Waals surface area contributed by atoms with Crippen molar-refractivity contribution in [3.05, 3.63) is 130 Å². The summed E-state index contributed by atoms with van der Waals surface area (Å²) >= 11 is 0. The van der Waals surface area contributed by atoms with Gasteiger partial charge in [-0.2, -0.15) is 9.97 Å². The minimum Gasteiger partial charge on any atom is -0.478 e. The maximum absolute atomic E-state index is 13.2. The van der Waals surface area contributed by atoms with Gasteiger partial charge in [-0.3, -0.25) is 0 Å². The molecule has 7 N–H and O–H groups in total. The summed E-state index contributed by atoms with van der Waals surface area (Å²) in [5.74, 6) is -2.06. The number of aryl methyl sites for hydroxylation is 4. The van der Waals surface area contributed by atoms with Gasteiger partial charge in [-0.25, -0.2) is 50.6 Å². The van der Waals surface area contributed by atoms with Crippen molar-refractivity contribution in [1.29, 1.82) is 0 Å². The van der Waals surface area contributed by atoms with Crippen molar-refractivity contribution in [1.82, 2.24) is 25.3 Å². The molecule has 78 heavy (non-hydrogen) atoms. The Balaban J connectivity index is 0.000000337. The summed E-state index contributed by atoms with van der Waals surface area (Å²) in [5, 5.41) is 21.3. The minimum atomic E-state index is -4.25. The number of nitrogens with one attached hydrogen (secondary N) is 3. The first-order valence-electron chi connectivity index (χ1n) is 24.6. The van der Waals surface area contributed by atoms with Crippen LogP contribution in [0.1, 0.15) is 104 Å².